The van der Waals surface area contributed by atoms with Gasteiger partial charge in [-0.3, -0.25) is 0 Å². The largest absolute Gasteiger partial charge is 0.429 e. The van der Waals surface area contributed by atoms with Crippen LogP contribution in [-0.2, 0) is 12.3 Å². The average Bonchev–Trinajstić information content (AvgIpc) is 2.84. The Labute approximate surface area is 198 Å². The van der Waals surface area contributed by atoms with E-state index in [1.54, 1.807) is 12.1 Å². The zero-order valence-electron chi connectivity index (χ0n) is 19.6. The molecule has 2 aliphatic rings. The Hall–Kier alpha value is -2.11. The molecule has 0 atom stereocenters. The second kappa shape index (κ2) is 10.2. The minimum absolute atomic E-state index is 0.308. The van der Waals surface area contributed by atoms with E-state index < -0.39 is 17.8 Å². The van der Waals surface area contributed by atoms with Gasteiger partial charge in [-0.2, -0.15) is 22.0 Å². The first-order valence-electron chi connectivity index (χ1n) is 12.5. The van der Waals surface area contributed by atoms with Crippen molar-refractivity contribution in [2.75, 3.05) is 0 Å². The van der Waals surface area contributed by atoms with Crippen LogP contribution in [0.2, 0.25) is 0 Å². The Balaban J connectivity index is 1.32. The van der Waals surface area contributed by atoms with Crippen LogP contribution in [0.3, 0.4) is 0 Å². The molecule has 6 heteroatoms. The lowest BCUT2D eigenvalue weighted by atomic mass is 9.68. The first-order valence-corrected chi connectivity index (χ1v) is 12.5. The van der Waals surface area contributed by atoms with Crippen LogP contribution in [0.4, 0.5) is 22.0 Å². The molecular formula is C28H33F5O. The molecule has 2 aromatic rings. The molecule has 0 bridgehead atoms. The van der Waals surface area contributed by atoms with Crippen LogP contribution in [-0.4, -0.2) is 0 Å². The fourth-order valence-electron chi connectivity index (χ4n) is 5.86. The quantitative estimate of drug-likeness (QED) is 0.374. The topological polar surface area (TPSA) is 9.23 Å². The smallest absolute Gasteiger partial charge is 0.426 e. The second-order valence-corrected chi connectivity index (χ2v) is 10.1. The molecular weight excluding hydrogens is 447 g/mol. The maximum Gasteiger partial charge on any atom is 0.426 e. The average molecular weight is 481 g/mol. The predicted octanol–water partition coefficient (Wildman–Crippen LogP) is 9.32. The summed E-state index contributed by atoms with van der Waals surface area (Å²) in [7, 11) is 0. The van der Waals surface area contributed by atoms with Gasteiger partial charge in [-0.15, -0.1) is 0 Å². The molecule has 0 saturated heterocycles. The molecule has 34 heavy (non-hydrogen) atoms. The van der Waals surface area contributed by atoms with Crippen molar-refractivity contribution in [3.8, 4) is 5.75 Å². The maximum atomic E-state index is 14.6. The molecule has 0 radical (unpaired) electrons. The third kappa shape index (κ3) is 5.92. The number of rotatable bonds is 6. The van der Waals surface area contributed by atoms with Crippen molar-refractivity contribution in [1.82, 2.24) is 0 Å². The van der Waals surface area contributed by atoms with E-state index in [1.807, 2.05) is 0 Å². The summed E-state index contributed by atoms with van der Waals surface area (Å²) in [4.78, 5) is 0. The van der Waals surface area contributed by atoms with E-state index in [0.717, 1.165) is 60.4 Å². The van der Waals surface area contributed by atoms with Crippen LogP contribution in [0.1, 0.15) is 87.3 Å². The zero-order valence-corrected chi connectivity index (χ0v) is 19.6. The number of hydrogen-bond donors (Lipinski definition) is 0. The van der Waals surface area contributed by atoms with Crippen molar-refractivity contribution < 1.29 is 26.7 Å². The van der Waals surface area contributed by atoms with E-state index >= 15 is 0 Å². The summed E-state index contributed by atoms with van der Waals surface area (Å²) in [5, 5.41) is 0. The van der Waals surface area contributed by atoms with Gasteiger partial charge in [0.05, 0.1) is 11.1 Å². The monoisotopic (exact) mass is 480 g/mol. The minimum atomic E-state index is -4.52. The van der Waals surface area contributed by atoms with Crippen LogP contribution in [0.25, 0.3) is 0 Å². The van der Waals surface area contributed by atoms with Gasteiger partial charge >= 0.3 is 12.3 Å². The van der Waals surface area contributed by atoms with Gasteiger partial charge in [0.1, 0.15) is 5.75 Å². The van der Waals surface area contributed by atoms with E-state index in [-0.39, 0.29) is 11.3 Å². The molecule has 0 N–H and O–H groups in total. The lowest BCUT2D eigenvalue weighted by Crippen LogP contribution is -2.25. The van der Waals surface area contributed by atoms with Gasteiger partial charge in [0.2, 0.25) is 0 Å². The Morgan fingerprint density at radius 1 is 0.676 bits per heavy atom. The molecule has 2 fully saturated rings. The highest BCUT2D eigenvalue weighted by molar-refractivity contribution is 5.31. The summed E-state index contributed by atoms with van der Waals surface area (Å²) < 4.78 is 72.0. The fourth-order valence-corrected chi connectivity index (χ4v) is 5.86. The van der Waals surface area contributed by atoms with Crippen LogP contribution < -0.4 is 4.74 Å². The lowest BCUT2D eigenvalue weighted by molar-refractivity contribution is -0.185. The number of hydrogen-bond acceptors (Lipinski definition) is 1. The van der Waals surface area contributed by atoms with Gasteiger partial charge in [-0.25, -0.2) is 0 Å². The number of alkyl halides is 5. The first kappa shape index (κ1) is 25.0. The number of benzene rings is 2. The maximum absolute atomic E-state index is 14.6. The molecule has 186 valence electrons. The second-order valence-electron chi connectivity index (χ2n) is 10.1. The van der Waals surface area contributed by atoms with E-state index in [2.05, 4.69) is 6.92 Å². The normalized spacial score (nSPS) is 26.3. The highest BCUT2D eigenvalue weighted by Crippen LogP contribution is 2.44. The summed E-state index contributed by atoms with van der Waals surface area (Å²) in [6.07, 6.45) is 3.19. The zero-order chi connectivity index (χ0) is 24.3. The van der Waals surface area contributed by atoms with Crippen LogP contribution in [0.5, 0.6) is 5.75 Å². The molecule has 2 saturated carbocycles. The third-order valence-corrected chi connectivity index (χ3v) is 8.05. The van der Waals surface area contributed by atoms with Crippen molar-refractivity contribution in [3.63, 3.8) is 0 Å². The lowest BCUT2D eigenvalue weighted by Gasteiger charge is -2.38. The molecule has 1 nitrogen and oxygen atoms in total. The van der Waals surface area contributed by atoms with E-state index in [1.165, 1.54) is 57.1 Å². The van der Waals surface area contributed by atoms with Crippen LogP contribution in [0, 0.1) is 17.8 Å². The fraction of sp³-hybridized carbons (Fsp3) is 0.571. The van der Waals surface area contributed by atoms with Crippen LogP contribution >= 0.6 is 0 Å². The van der Waals surface area contributed by atoms with Crippen molar-refractivity contribution in [3.05, 3.63) is 65.2 Å². The molecule has 0 unspecified atom stereocenters. The van der Waals surface area contributed by atoms with Crippen molar-refractivity contribution >= 4 is 0 Å². The Morgan fingerprint density at radius 2 is 1.18 bits per heavy atom. The van der Waals surface area contributed by atoms with Gasteiger partial charge < -0.3 is 4.74 Å². The Bertz CT molecular complexity index is 903. The molecule has 2 aromatic carbocycles. The van der Waals surface area contributed by atoms with Gasteiger partial charge in [0.25, 0.3) is 0 Å². The SMILES string of the molecule is CCC1CCC(C2CCC(c3ccc(C(F)(F)Oc4ccc(C(F)(F)F)cc4)cc3)CC2)CC1. The molecule has 2 aliphatic carbocycles. The highest BCUT2D eigenvalue weighted by Gasteiger charge is 2.36. The van der Waals surface area contributed by atoms with E-state index in [0.29, 0.717) is 5.92 Å². The summed E-state index contributed by atoms with van der Waals surface area (Å²) in [6.45, 7) is 2.29. The van der Waals surface area contributed by atoms with Crippen molar-refractivity contribution in [2.45, 2.75) is 82.9 Å². The van der Waals surface area contributed by atoms with Gasteiger partial charge in [-0.05, 0) is 104 Å². The molecule has 0 amide bonds. The molecule has 0 aliphatic heterocycles. The summed E-state index contributed by atoms with van der Waals surface area (Å²) >= 11 is 0. The molecule has 0 heterocycles. The summed E-state index contributed by atoms with van der Waals surface area (Å²) in [5.41, 5.74) is -0.143. The Kier molecular flexibility index (Phi) is 7.54. The van der Waals surface area contributed by atoms with Gasteiger partial charge in [-0.1, -0.05) is 38.3 Å². The van der Waals surface area contributed by atoms with Gasteiger partial charge in [0.15, 0.2) is 0 Å². The summed E-state index contributed by atoms with van der Waals surface area (Å²) in [6, 6.07) is 9.54. The highest BCUT2D eigenvalue weighted by atomic mass is 19.4. The van der Waals surface area contributed by atoms with Crippen LogP contribution in [0.15, 0.2) is 48.5 Å². The molecule has 0 spiro atoms. The minimum Gasteiger partial charge on any atom is -0.429 e. The predicted molar refractivity (Wildman–Crippen MR) is 123 cm³/mol. The molecule has 0 aromatic heterocycles. The van der Waals surface area contributed by atoms with E-state index in [9.17, 15) is 22.0 Å². The molecule has 4 rings (SSSR count). The van der Waals surface area contributed by atoms with E-state index in [4.69, 9.17) is 4.74 Å². The number of halogens is 5. The standard InChI is InChI=1S/C28H33F5O/c1-2-19-3-5-20(6-4-19)21-7-9-22(10-8-21)23-11-13-25(14-12-23)28(32,33)34-26-17-15-24(16-18-26)27(29,30)31/h11-22H,2-10H2,1H3. The third-order valence-electron chi connectivity index (χ3n) is 8.05. The Morgan fingerprint density at radius 3 is 1.68 bits per heavy atom. The first-order chi connectivity index (χ1) is 16.2. The van der Waals surface area contributed by atoms with Crippen molar-refractivity contribution in [2.24, 2.45) is 17.8 Å². The van der Waals surface area contributed by atoms with Gasteiger partial charge in [0, 0.05) is 0 Å². The number of ether oxygens (including phenoxy) is 1. The van der Waals surface area contributed by atoms with Crippen molar-refractivity contribution in [1.29, 1.82) is 0 Å². The summed E-state index contributed by atoms with van der Waals surface area (Å²) in [5.74, 6) is 2.64.